The minimum absolute atomic E-state index is 0.000994. The highest BCUT2D eigenvalue weighted by atomic mass is 16.4. The molecule has 6 heteroatoms. The summed E-state index contributed by atoms with van der Waals surface area (Å²) in [6.07, 6.45) is 5.13. The van der Waals surface area contributed by atoms with Gasteiger partial charge in [-0.1, -0.05) is 17.7 Å². The Morgan fingerprint density at radius 3 is 2.81 bits per heavy atom. The SMILES string of the molecule is Cc1ccc(-c2nnc([C@H]3CCCN(C(=O)c4cccnc4)C3)o2)cc1. The first-order valence-electron chi connectivity index (χ1n) is 8.80. The molecule has 1 amide bonds. The van der Waals surface area contributed by atoms with E-state index >= 15 is 0 Å². The largest absolute Gasteiger partial charge is 0.420 e. The first-order valence-corrected chi connectivity index (χ1v) is 8.80. The number of pyridine rings is 1. The molecule has 1 atom stereocenters. The second kappa shape index (κ2) is 7.07. The number of amides is 1. The van der Waals surface area contributed by atoms with Gasteiger partial charge in [-0.25, -0.2) is 0 Å². The van der Waals surface area contributed by atoms with Crippen molar-refractivity contribution in [2.75, 3.05) is 13.1 Å². The quantitative estimate of drug-likeness (QED) is 0.725. The van der Waals surface area contributed by atoms with Gasteiger partial charge in [0.15, 0.2) is 0 Å². The van der Waals surface area contributed by atoms with Crippen LogP contribution in [0.15, 0.2) is 53.2 Å². The van der Waals surface area contributed by atoms with Gasteiger partial charge in [-0.15, -0.1) is 10.2 Å². The normalized spacial score (nSPS) is 17.3. The Labute approximate surface area is 151 Å². The highest BCUT2D eigenvalue weighted by Gasteiger charge is 2.29. The van der Waals surface area contributed by atoms with Gasteiger partial charge in [-0.2, -0.15) is 0 Å². The molecule has 0 bridgehead atoms. The van der Waals surface area contributed by atoms with Crippen LogP contribution in [0.4, 0.5) is 0 Å². The summed E-state index contributed by atoms with van der Waals surface area (Å²) in [6.45, 7) is 3.37. The van der Waals surface area contributed by atoms with E-state index in [0.29, 0.717) is 23.9 Å². The fraction of sp³-hybridized carbons (Fsp3) is 0.300. The second-order valence-corrected chi connectivity index (χ2v) is 6.64. The molecule has 3 heterocycles. The molecule has 0 saturated carbocycles. The van der Waals surface area contributed by atoms with Gasteiger partial charge in [-0.3, -0.25) is 9.78 Å². The van der Waals surface area contributed by atoms with E-state index in [1.807, 2.05) is 36.1 Å². The number of rotatable bonds is 3. The van der Waals surface area contributed by atoms with Gasteiger partial charge in [0, 0.05) is 31.0 Å². The van der Waals surface area contributed by atoms with Crippen molar-refractivity contribution in [1.29, 1.82) is 0 Å². The molecule has 1 saturated heterocycles. The van der Waals surface area contributed by atoms with Crippen LogP contribution in [-0.4, -0.2) is 39.1 Å². The molecular formula is C20H20N4O2. The molecule has 132 valence electrons. The van der Waals surface area contributed by atoms with Crippen molar-refractivity contribution in [3.8, 4) is 11.5 Å². The predicted molar refractivity (Wildman–Crippen MR) is 96.6 cm³/mol. The second-order valence-electron chi connectivity index (χ2n) is 6.64. The van der Waals surface area contributed by atoms with Crippen molar-refractivity contribution in [2.24, 2.45) is 0 Å². The standard InChI is InChI=1S/C20H20N4O2/c1-14-6-8-15(9-7-14)18-22-23-19(26-18)17-5-3-11-24(13-17)20(25)16-4-2-10-21-12-16/h2,4,6-10,12,17H,3,5,11,13H2,1H3/t17-/m0/s1. The number of aromatic nitrogens is 3. The molecule has 0 spiro atoms. The van der Waals surface area contributed by atoms with E-state index in [2.05, 4.69) is 15.2 Å². The summed E-state index contributed by atoms with van der Waals surface area (Å²) in [6, 6.07) is 11.6. The van der Waals surface area contributed by atoms with Gasteiger partial charge >= 0.3 is 0 Å². The van der Waals surface area contributed by atoms with Crippen LogP contribution in [-0.2, 0) is 0 Å². The van der Waals surface area contributed by atoms with E-state index in [9.17, 15) is 4.79 Å². The number of nitrogens with zero attached hydrogens (tertiary/aromatic N) is 4. The maximum atomic E-state index is 12.7. The third kappa shape index (κ3) is 3.35. The summed E-state index contributed by atoms with van der Waals surface area (Å²) < 4.78 is 5.91. The van der Waals surface area contributed by atoms with Crippen molar-refractivity contribution in [2.45, 2.75) is 25.7 Å². The number of benzene rings is 1. The molecule has 0 N–H and O–H groups in total. The summed E-state index contributed by atoms with van der Waals surface area (Å²) >= 11 is 0. The molecule has 1 aliphatic heterocycles. The van der Waals surface area contributed by atoms with Crippen molar-refractivity contribution in [3.05, 3.63) is 65.8 Å². The van der Waals surface area contributed by atoms with E-state index in [0.717, 1.165) is 24.9 Å². The van der Waals surface area contributed by atoms with E-state index < -0.39 is 0 Å². The molecule has 26 heavy (non-hydrogen) atoms. The van der Waals surface area contributed by atoms with E-state index in [1.54, 1.807) is 24.5 Å². The molecule has 2 aromatic heterocycles. The Morgan fingerprint density at radius 2 is 2.04 bits per heavy atom. The predicted octanol–water partition coefficient (Wildman–Crippen LogP) is 3.46. The molecule has 6 nitrogen and oxygen atoms in total. The van der Waals surface area contributed by atoms with E-state index in [1.165, 1.54) is 5.56 Å². The monoisotopic (exact) mass is 348 g/mol. The number of carbonyl (C=O) groups is 1. The molecule has 1 fully saturated rings. The van der Waals surface area contributed by atoms with Gasteiger partial charge < -0.3 is 9.32 Å². The number of piperidine rings is 1. The lowest BCUT2D eigenvalue weighted by molar-refractivity contribution is 0.0698. The zero-order chi connectivity index (χ0) is 17.9. The molecule has 0 aliphatic carbocycles. The summed E-state index contributed by atoms with van der Waals surface area (Å²) in [5.74, 6) is 1.19. The summed E-state index contributed by atoms with van der Waals surface area (Å²) in [7, 11) is 0. The molecular weight excluding hydrogens is 328 g/mol. The van der Waals surface area contributed by atoms with Crippen molar-refractivity contribution in [1.82, 2.24) is 20.1 Å². The topological polar surface area (TPSA) is 72.1 Å². The van der Waals surface area contributed by atoms with E-state index in [-0.39, 0.29) is 11.8 Å². The first-order chi connectivity index (χ1) is 12.7. The zero-order valence-electron chi connectivity index (χ0n) is 14.6. The number of carbonyl (C=O) groups excluding carboxylic acids is 1. The first kappa shape index (κ1) is 16.4. The molecule has 3 aromatic rings. The Balaban J connectivity index is 1.50. The number of aryl methyl sites for hydroxylation is 1. The molecule has 1 aliphatic rings. The Morgan fingerprint density at radius 1 is 1.19 bits per heavy atom. The Bertz CT molecular complexity index is 890. The van der Waals surface area contributed by atoms with Crippen LogP contribution in [0.2, 0.25) is 0 Å². The average molecular weight is 348 g/mol. The third-order valence-corrected chi connectivity index (χ3v) is 4.71. The van der Waals surface area contributed by atoms with Crippen molar-refractivity contribution >= 4 is 5.91 Å². The minimum Gasteiger partial charge on any atom is -0.420 e. The summed E-state index contributed by atoms with van der Waals surface area (Å²) in [5.41, 5.74) is 2.71. The smallest absolute Gasteiger partial charge is 0.255 e. The van der Waals surface area contributed by atoms with Crippen molar-refractivity contribution in [3.63, 3.8) is 0 Å². The lowest BCUT2D eigenvalue weighted by Gasteiger charge is -2.31. The maximum absolute atomic E-state index is 12.7. The van der Waals surface area contributed by atoms with Crippen LogP contribution >= 0.6 is 0 Å². The van der Waals surface area contributed by atoms with Gasteiger partial charge in [0.1, 0.15) is 0 Å². The number of hydrogen-bond donors (Lipinski definition) is 0. The lowest BCUT2D eigenvalue weighted by Crippen LogP contribution is -2.39. The number of hydrogen-bond acceptors (Lipinski definition) is 5. The van der Waals surface area contributed by atoms with E-state index in [4.69, 9.17) is 4.42 Å². The average Bonchev–Trinajstić information content (AvgIpc) is 3.19. The maximum Gasteiger partial charge on any atom is 0.255 e. The van der Waals surface area contributed by atoms with Crippen molar-refractivity contribution < 1.29 is 9.21 Å². The fourth-order valence-electron chi connectivity index (χ4n) is 3.25. The molecule has 0 unspecified atom stereocenters. The van der Waals surface area contributed by atoms with Gasteiger partial charge in [0.25, 0.3) is 5.91 Å². The van der Waals surface area contributed by atoms with Crippen LogP contribution in [0.5, 0.6) is 0 Å². The fourth-order valence-corrected chi connectivity index (χ4v) is 3.25. The van der Waals surface area contributed by atoms with Gasteiger partial charge in [-0.05, 0) is 44.0 Å². The highest BCUT2D eigenvalue weighted by Crippen LogP contribution is 2.29. The lowest BCUT2D eigenvalue weighted by atomic mass is 9.97. The Hall–Kier alpha value is -3.02. The molecule has 4 rings (SSSR count). The van der Waals surface area contributed by atoms with Crippen LogP contribution < -0.4 is 0 Å². The van der Waals surface area contributed by atoms with Crippen LogP contribution in [0, 0.1) is 6.92 Å². The highest BCUT2D eigenvalue weighted by molar-refractivity contribution is 5.93. The molecule has 1 aromatic carbocycles. The Kier molecular flexibility index (Phi) is 4.48. The summed E-state index contributed by atoms with van der Waals surface area (Å²) in [5, 5.41) is 8.43. The van der Waals surface area contributed by atoms with Crippen LogP contribution in [0.25, 0.3) is 11.5 Å². The van der Waals surface area contributed by atoms with Gasteiger partial charge in [0.05, 0.1) is 11.5 Å². The number of likely N-dealkylation sites (tertiary alicyclic amines) is 1. The molecule has 0 radical (unpaired) electrons. The minimum atomic E-state index is 0.000994. The third-order valence-electron chi connectivity index (χ3n) is 4.71. The van der Waals surface area contributed by atoms with Gasteiger partial charge in [0.2, 0.25) is 11.8 Å². The summed E-state index contributed by atoms with van der Waals surface area (Å²) in [4.78, 5) is 18.5. The zero-order valence-corrected chi connectivity index (χ0v) is 14.6. The van der Waals surface area contributed by atoms with Crippen LogP contribution in [0.1, 0.15) is 40.6 Å². The van der Waals surface area contributed by atoms with Crippen LogP contribution in [0.3, 0.4) is 0 Å².